The molecule has 0 saturated heterocycles. The second-order valence-corrected chi connectivity index (χ2v) is 4.03. The molecule has 0 fully saturated rings. The third-order valence-electron chi connectivity index (χ3n) is 2.62. The van der Waals surface area contributed by atoms with Gasteiger partial charge in [-0.05, 0) is 45.8 Å². The van der Waals surface area contributed by atoms with Crippen molar-refractivity contribution in [3.05, 3.63) is 0 Å². The van der Waals surface area contributed by atoms with E-state index in [0.29, 0.717) is 0 Å². The van der Waals surface area contributed by atoms with E-state index in [1.807, 2.05) is 6.92 Å². The zero-order valence-corrected chi connectivity index (χ0v) is 9.71. The van der Waals surface area contributed by atoms with Crippen LogP contribution in [0, 0.1) is 11.3 Å². The summed E-state index contributed by atoms with van der Waals surface area (Å²) in [5.74, 6) is 0. The standard InChI is InChI=1S/C11H23N3/c1-4-8-14(3)9-6-7-11(13,5-2)10-12/h4-9,13H2,1-3H3. The van der Waals surface area contributed by atoms with Crippen LogP contribution in [0.4, 0.5) is 0 Å². The molecule has 0 aromatic carbocycles. The Balaban J connectivity index is 3.68. The Kier molecular flexibility index (Phi) is 6.52. The molecular weight excluding hydrogens is 174 g/mol. The van der Waals surface area contributed by atoms with Crippen LogP contribution in [0.25, 0.3) is 0 Å². The average molecular weight is 197 g/mol. The molecule has 0 aromatic heterocycles. The van der Waals surface area contributed by atoms with Crippen molar-refractivity contribution in [3.8, 4) is 6.07 Å². The summed E-state index contributed by atoms with van der Waals surface area (Å²) in [6.45, 7) is 6.30. The topological polar surface area (TPSA) is 53.0 Å². The first-order valence-electron chi connectivity index (χ1n) is 5.46. The van der Waals surface area contributed by atoms with E-state index in [0.717, 1.165) is 32.4 Å². The average Bonchev–Trinajstić information content (AvgIpc) is 2.18. The van der Waals surface area contributed by atoms with Crippen LogP contribution in [0.2, 0.25) is 0 Å². The van der Waals surface area contributed by atoms with Crippen LogP contribution in [0.1, 0.15) is 39.5 Å². The van der Waals surface area contributed by atoms with Gasteiger partial charge in [0, 0.05) is 0 Å². The molecule has 0 aliphatic carbocycles. The number of rotatable bonds is 7. The Bertz CT molecular complexity index is 185. The van der Waals surface area contributed by atoms with Crippen molar-refractivity contribution in [2.75, 3.05) is 20.1 Å². The molecule has 3 nitrogen and oxygen atoms in total. The summed E-state index contributed by atoms with van der Waals surface area (Å²) in [6, 6.07) is 2.19. The Morgan fingerprint density at radius 2 is 2.00 bits per heavy atom. The Labute approximate surface area is 87.9 Å². The molecule has 0 rings (SSSR count). The smallest absolute Gasteiger partial charge is 0.104 e. The van der Waals surface area contributed by atoms with Gasteiger partial charge in [0.15, 0.2) is 0 Å². The number of nitrogens with two attached hydrogens (primary N) is 1. The lowest BCUT2D eigenvalue weighted by Crippen LogP contribution is -2.38. The molecule has 2 N–H and O–H groups in total. The van der Waals surface area contributed by atoms with Gasteiger partial charge in [0.05, 0.1) is 6.07 Å². The van der Waals surface area contributed by atoms with Gasteiger partial charge in [-0.15, -0.1) is 0 Å². The van der Waals surface area contributed by atoms with E-state index in [1.165, 1.54) is 6.42 Å². The molecule has 14 heavy (non-hydrogen) atoms. The molecule has 1 atom stereocenters. The van der Waals surface area contributed by atoms with E-state index in [-0.39, 0.29) is 0 Å². The predicted octanol–water partition coefficient (Wildman–Crippen LogP) is 1.74. The number of hydrogen-bond donors (Lipinski definition) is 1. The monoisotopic (exact) mass is 197 g/mol. The maximum atomic E-state index is 8.87. The van der Waals surface area contributed by atoms with Crippen LogP contribution in [0.5, 0.6) is 0 Å². The van der Waals surface area contributed by atoms with Crippen molar-refractivity contribution in [1.82, 2.24) is 4.90 Å². The third-order valence-corrected chi connectivity index (χ3v) is 2.62. The van der Waals surface area contributed by atoms with Crippen LogP contribution in [0.3, 0.4) is 0 Å². The SMILES string of the molecule is CCCN(C)CCCC(N)(C#N)CC. The van der Waals surface area contributed by atoms with Crippen molar-refractivity contribution >= 4 is 0 Å². The first-order chi connectivity index (χ1) is 6.58. The molecule has 0 heterocycles. The first kappa shape index (κ1) is 13.4. The minimum atomic E-state index is -0.604. The molecule has 1 unspecified atom stereocenters. The number of nitrogens with zero attached hydrogens (tertiary/aromatic N) is 2. The van der Waals surface area contributed by atoms with E-state index >= 15 is 0 Å². The van der Waals surface area contributed by atoms with Crippen molar-refractivity contribution in [1.29, 1.82) is 5.26 Å². The van der Waals surface area contributed by atoms with E-state index in [9.17, 15) is 0 Å². The quantitative estimate of drug-likeness (QED) is 0.676. The van der Waals surface area contributed by atoms with Gasteiger partial charge in [0.1, 0.15) is 5.54 Å². The van der Waals surface area contributed by atoms with Gasteiger partial charge >= 0.3 is 0 Å². The van der Waals surface area contributed by atoms with Crippen molar-refractivity contribution in [2.45, 2.75) is 45.1 Å². The van der Waals surface area contributed by atoms with Gasteiger partial charge in [-0.25, -0.2) is 0 Å². The van der Waals surface area contributed by atoms with Crippen LogP contribution >= 0.6 is 0 Å². The van der Waals surface area contributed by atoms with Gasteiger partial charge in [-0.3, -0.25) is 0 Å². The van der Waals surface area contributed by atoms with Crippen LogP contribution in [-0.4, -0.2) is 30.6 Å². The summed E-state index contributed by atoms with van der Waals surface area (Å²) in [4.78, 5) is 2.29. The highest BCUT2D eigenvalue weighted by molar-refractivity contribution is 5.03. The molecule has 3 heteroatoms. The number of hydrogen-bond acceptors (Lipinski definition) is 3. The molecule has 0 aliphatic rings. The Hall–Kier alpha value is -0.590. The fourth-order valence-corrected chi connectivity index (χ4v) is 1.47. The molecule has 0 radical (unpaired) electrons. The van der Waals surface area contributed by atoms with E-state index in [4.69, 9.17) is 11.0 Å². The highest BCUT2D eigenvalue weighted by Crippen LogP contribution is 2.12. The fraction of sp³-hybridized carbons (Fsp3) is 0.909. The van der Waals surface area contributed by atoms with Gasteiger partial charge in [0.2, 0.25) is 0 Å². The lowest BCUT2D eigenvalue weighted by molar-refractivity contribution is 0.312. The van der Waals surface area contributed by atoms with Gasteiger partial charge in [-0.1, -0.05) is 13.8 Å². The summed E-state index contributed by atoms with van der Waals surface area (Å²) < 4.78 is 0. The summed E-state index contributed by atoms with van der Waals surface area (Å²) in [7, 11) is 2.11. The molecular formula is C11H23N3. The van der Waals surface area contributed by atoms with E-state index < -0.39 is 5.54 Å². The highest BCUT2D eigenvalue weighted by Gasteiger charge is 2.20. The Morgan fingerprint density at radius 3 is 2.43 bits per heavy atom. The van der Waals surface area contributed by atoms with E-state index in [2.05, 4.69) is 24.9 Å². The van der Waals surface area contributed by atoms with Crippen LogP contribution in [0.15, 0.2) is 0 Å². The maximum absolute atomic E-state index is 8.87. The second kappa shape index (κ2) is 6.80. The normalized spacial score (nSPS) is 15.1. The molecule has 0 aromatic rings. The Morgan fingerprint density at radius 1 is 1.36 bits per heavy atom. The molecule has 0 spiro atoms. The highest BCUT2D eigenvalue weighted by atomic mass is 15.1. The largest absolute Gasteiger partial charge is 0.313 e. The molecule has 0 amide bonds. The lowest BCUT2D eigenvalue weighted by Gasteiger charge is -2.21. The zero-order chi connectivity index (χ0) is 11.0. The van der Waals surface area contributed by atoms with Crippen molar-refractivity contribution < 1.29 is 0 Å². The molecule has 0 bridgehead atoms. The molecule has 0 aliphatic heterocycles. The van der Waals surface area contributed by atoms with Crippen molar-refractivity contribution in [2.24, 2.45) is 5.73 Å². The third kappa shape index (κ3) is 5.21. The van der Waals surface area contributed by atoms with Crippen LogP contribution in [-0.2, 0) is 0 Å². The second-order valence-electron chi connectivity index (χ2n) is 4.03. The van der Waals surface area contributed by atoms with E-state index in [1.54, 1.807) is 0 Å². The summed E-state index contributed by atoms with van der Waals surface area (Å²) in [5.41, 5.74) is 5.27. The van der Waals surface area contributed by atoms with Gasteiger partial charge < -0.3 is 10.6 Å². The van der Waals surface area contributed by atoms with Crippen molar-refractivity contribution in [3.63, 3.8) is 0 Å². The summed E-state index contributed by atoms with van der Waals surface area (Å²) in [5, 5.41) is 8.87. The fourth-order valence-electron chi connectivity index (χ4n) is 1.47. The van der Waals surface area contributed by atoms with Gasteiger partial charge in [-0.2, -0.15) is 5.26 Å². The summed E-state index contributed by atoms with van der Waals surface area (Å²) in [6.07, 6.45) is 3.72. The minimum absolute atomic E-state index is 0.604. The minimum Gasteiger partial charge on any atom is -0.313 e. The zero-order valence-electron chi connectivity index (χ0n) is 9.71. The first-order valence-corrected chi connectivity index (χ1v) is 5.46. The number of nitriles is 1. The predicted molar refractivity (Wildman–Crippen MR) is 59.8 cm³/mol. The molecule has 0 saturated carbocycles. The lowest BCUT2D eigenvalue weighted by atomic mass is 9.93. The van der Waals surface area contributed by atoms with Crippen LogP contribution < -0.4 is 5.73 Å². The molecule has 82 valence electrons. The maximum Gasteiger partial charge on any atom is 0.104 e. The summed E-state index contributed by atoms with van der Waals surface area (Å²) >= 11 is 0. The van der Waals surface area contributed by atoms with Gasteiger partial charge in [0.25, 0.3) is 0 Å².